The lowest BCUT2D eigenvalue weighted by atomic mass is 10.2. The number of carbonyl (C=O) groups excluding carboxylic acids is 2. The van der Waals surface area contributed by atoms with Crippen LogP contribution in [0.1, 0.15) is 27.7 Å². The smallest absolute Gasteiger partial charge is 0.480 e. The van der Waals surface area contributed by atoms with E-state index < -0.39 is 40.9 Å². The van der Waals surface area contributed by atoms with Crippen LogP contribution in [-0.2, 0) is 14.3 Å². The van der Waals surface area contributed by atoms with Crippen molar-refractivity contribution in [2.75, 3.05) is 0 Å². The summed E-state index contributed by atoms with van der Waals surface area (Å²) >= 11 is 0. The van der Waals surface area contributed by atoms with Crippen LogP contribution in [0.4, 0.5) is 15.3 Å². The zero-order valence-corrected chi connectivity index (χ0v) is 15.1. The van der Waals surface area contributed by atoms with Gasteiger partial charge in [-0.2, -0.15) is 0 Å². The number of nitrogens with zero attached hydrogens (tertiary/aromatic N) is 1. The molecule has 2 unspecified atom stereocenters. The summed E-state index contributed by atoms with van der Waals surface area (Å²) in [5, 5.41) is 21.9. The molecular weight excluding hydrogens is 364 g/mol. The minimum atomic E-state index is -1.58. The quantitative estimate of drug-likeness (QED) is 0.326. The highest BCUT2D eigenvalue weighted by Gasteiger charge is 2.31. The summed E-state index contributed by atoms with van der Waals surface area (Å²) in [7, 11) is 0. The first-order valence-corrected chi connectivity index (χ1v) is 7.74. The number of amides is 1. The van der Waals surface area contributed by atoms with E-state index in [2.05, 4.69) is 5.32 Å². The Bertz CT molecular complexity index is 710. The van der Waals surface area contributed by atoms with Gasteiger partial charge in [-0.25, -0.2) is 14.4 Å². The summed E-state index contributed by atoms with van der Waals surface area (Å²) in [5.74, 6) is -1.48. The maximum absolute atomic E-state index is 11.8. The molecule has 0 aromatic heterocycles. The Labute approximate surface area is 154 Å². The minimum absolute atomic E-state index is 0.0372. The third-order valence-corrected chi connectivity index (χ3v) is 2.94. The standard InChI is InChI=1S/C16H20N2O9/c1-9(12(13(19)20)17-14(21)27-16(2,3)4)25-15(22)26-11-7-5-10(6-8-11)18(23)24/h5-9,12H,1-4H3,(H,17,21)(H,19,20). The number of carboxylic acids is 1. The highest BCUT2D eigenvalue weighted by molar-refractivity contribution is 5.81. The third kappa shape index (κ3) is 7.59. The van der Waals surface area contributed by atoms with Crippen molar-refractivity contribution >= 4 is 23.9 Å². The first kappa shape index (κ1) is 21.7. The molecule has 0 fully saturated rings. The second-order valence-corrected chi connectivity index (χ2v) is 6.39. The van der Waals surface area contributed by atoms with Crippen molar-refractivity contribution in [3.05, 3.63) is 34.4 Å². The number of non-ortho nitro benzene ring substituents is 1. The number of hydrogen-bond donors (Lipinski definition) is 2. The average molecular weight is 384 g/mol. The van der Waals surface area contributed by atoms with Crippen LogP contribution in [0.5, 0.6) is 5.75 Å². The van der Waals surface area contributed by atoms with Gasteiger partial charge >= 0.3 is 18.2 Å². The predicted octanol–water partition coefficient (Wildman–Crippen LogP) is 2.48. The maximum Gasteiger partial charge on any atom is 0.514 e. The van der Waals surface area contributed by atoms with Gasteiger partial charge in [-0.05, 0) is 39.8 Å². The predicted molar refractivity (Wildman–Crippen MR) is 90.5 cm³/mol. The number of nitro benzene ring substituents is 1. The minimum Gasteiger partial charge on any atom is -0.480 e. The molecule has 0 aliphatic heterocycles. The van der Waals surface area contributed by atoms with E-state index in [4.69, 9.17) is 14.2 Å². The summed E-state index contributed by atoms with van der Waals surface area (Å²) in [6.45, 7) is 6.05. The summed E-state index contributed by atoms with van der Waals surface area (Å²) in [5.41, 5.74) is -1.04. The number of nitrogens with one attached hydrogen (secondary N) is 1. The van der Waals surface area contributed by atoms with E-state index in [-0.39, 0.29) is 11.4 Å². The Morgan fingerprint density at radius 2 is 1.74 bits per heavy atom. The van der Waals surface area contributed by atoms with Gasteiger partial charge in [0, 0.05) is 12.1 Å². The number of ether oxygens (including phenoxy) is 3. The monoisotopic (exact) mass is 384 g/mol. The molecule has 0 saturated heterocycles. The van der Waals surface area contributed by atoms with Crippen LogP contribution < -0.4 is 10.1 Å². The molecule has 2 N–H and O–H groups in total. The van der Waals surface area contributed by atoms with Gasteiger partial charge in [0.1, 0.15) is 17.5 Å². The third-order valence-electron chi connectivity index (χ3n) is 2.94. The average Bonchev–Trinajstić information content (AvgIpc) is 2.50. The molecule has 148 valence electrons. The molecule has 11 nitrogen and oxygen atoms in total. The van der Waals surface area contributed by atoms with Gasteiger partial charge in [0.15, 0.2) is 6.04 Å². The number of benzene rings is 1. The van der Waals surface area contributed by atoms with E-state index in [1.165, 1.54) is 19.1 Å². The Kier molecular flexibility index (Phi) is 7.09. The normalized spacial score (nSPS) is 13.0. The van der Waals surface area contributed by atoms with Crippen LogP contribution >= 0.6 is 0 Å². The van der Waals surface area contributed by atoms with Gasteiger partial charge in [0.25, 0.3) is 5.69 Å². The maximum atomic E-state index is 11.8. The summed E-state index contributed by atoms with van der Waals surface area (Å²) in [6, 6.07) is 3.02. The van der Waals surface area contributed by atoms with Crippen LogP contribution in [0.2, 0.25) is 0 Å². The molecule has 0 bridgehead atoms. The van der Waals surface area contributed by atoms with E-state index in [0.717, 1.165) is 12.1 Å². The lowest BCUT2D eigenvalue weighted by Gasteiger charge is -2.24. The van der Waals surface area contributed by atoms with Crippen molar-refractivity contribution in [3.8, 4) is 5.75 Å². The van der Waals surface area contributed by atoms with Crippen LogP contribution in [0.15, 0.2) is 24.3 Å². The number of rotatable bonds is 6. The molecule has 11 heteroatoms. The molecule has 2 atom stereocenters. The zero-order chi connectivity index (χ0) is 20.8. The first-order chi connectivity index (χ1) is 12.4. The van der Waals surface area contributed by atoms with Crippen LogP contribution in [-0.4, -0.2) is 46.0 Å². The van der Waals surface area contributed by atoms with E-state index in [1.54, 1.807) is 20.8 Å². The Hall–Kier alpha value is -3.37. The number of carboxylic acid groups (broad SMARTS) is 1. The van der Waals surface area contributed by atoms with Crippen molar-refractivity contribution in [2.24, 2.45) is 0 Å². The first-order valence-electron chi connectivity index (χ1n) is 7.74. The van der Waals surface area contributed by atoms with Crippen molar-refractivity contribution in [3.63, 3.8) is 0 Å². The molecule has 1 aromatic carbocycles. The SMILES string of the molecule is CC(OC(=O)Oc1ccc([N+](=O)[O-])cc1)C(NC(=O)OC(C)(C)C)C(=O)O. The highest BCUT2D eigenvalue weighted by Crippen LogP contribution is 2.18. The molecule has 0 spiro atoms. The fraction of sp³-hybridized carbons (Fsp3) is 0.438. The lowest BCUT2D eigenvalue weighted by molar-refractivity contribution is -0.384. The molecule has 0 aliphatic rings. The summed E-state index contributed by atoms with van der Waals surface area (Å²) < 4.78 is 14.6. The number of nitro groups is 1. The largest absolute Gasteiger partial charge is 0.514 e. The molecule has 1 amide bonds. The van der Waals surface area contributed by atoms with Gasteiger partial charge in [-0.1, -0.05) is 0 Å². The van der Waals surface area contributed by atoms with Crippen LogP contribution in [0, 0.1) is 10.1 Å². The molecule has 1 rings (SSSR count). The number of carbonyl (C=O) groups is 3. The van der Waals surface area contributed by atoms with Crippen LogP contribution in [0.3, 0.4) is 0 Å². The molecule has 1 aromatic rings. The highest BCUT2D eigenvalue weighted by atomic mass is 16.7. The van der Waals surface area contributed by atoms with Gasteiger partial charge in [-0.15, -0.1) is 0 Å². The van der Waals surface area contributed by atoms with Crippen LogP contribution in [0.25, 0.3) is 0 Å². The fourth-order valence-electron chi connectivity index (χ4n) is 1.79. The Morgan fingerprint density at radius 3 is 2.19 bits per heavy atom. The van der Waals surface area contributed by atoms with E-state index >= 15 is 0 Å². The van der Waals surface area contributed by atoms with E-state index in [9.17, 15) is 29.6 Å². The van der Waals surface area contributed by atoms with Gasteiger partial charge in [0.2, 0.25) is 0 Å². The summed E-state index contributed by atoms with van der Waals surface area (Å²) in [6.07, 6.45) is -3.52. The number of aliphatic carboxylic acids is 1. The molecule has 0 radical (unpaired) electrons. The fourth-order valence-corrected chi connectivity index (χ4v) is 1.79. The molecule has 0 saturated carbocycles. The lowest BCUT2D eigenvalue weighted by Crippen LogP contribution is -2.50. The molecule has 0 heterocycles. The molecule has 0 aliphatic carbocycles. The molecule has 27 heavy (non-hydrogen) atoms. The topological polar surface area (TPSA) is 154 Å². The number of hydrogen-bond acceptors (Lipinski definition) is 8. The second kappa shape index (κ2) is 8.83. The number of alkyl carbamates (subject to hydrolysis) is 1. The van der Waals surface area contributed by atoms with Crippen molar-refractivity contribution in [2.45, 2.75) is 45.4 Å². The summed E-state index contributed by atoms with van der Waals surface area (Å²) in [4.78, 5) is 44.7. The zero-order valence-electron chi connectivity index (χ0n) is 15.1. The van der Waals surface area contributed by atoms with Crippen molar-refractivity contribution < 1.29 is 38.6 Å². The Balaban J connectivity index is 2.67. The van der Waals surface area contributed by atoms with Gasteiger partial charge < -0.3 is 24.6 Å². The van der Waals surface area contributed by atoms with Crippen molar-refractivity contribution in [1.82, 2.24) is 5.32 Å². The van der Waals surface area contributed by atoms with Crippen molar-refractivity contribution in [1.29, 1.82) is 0 Å². The second-order valence-electron chi connectivity index (χ2n) is 6.39. The van der Waals surface area contributed by atoms with Gasteiger partial charge in [-0.3, -0.25) is 10.1 Å². The van der Waals surface area contributed by atoms with E-state index in [1.807, 2.05) is 0 Å². The van der Waals surface area contributed by atoms with Gasteiger partial charge in [0.05, 0.1) is 4.92 Å². The Morgan fingerprint density at radius 1 is 1.19 bits per heavy atom. The molecular formula is C16H20N2O9. The van der Waals surface area contributed by atoms with E-state index in [0.29, 0.717) is 0 Å².